The molecule has 0 aliphatic heterocycles. The van der Waals surface area contributed by atoms with E-state index in [1.807, 2.05) is 35.0 Å². The van der Waals surface area contributed by atoms with Crippen molar-refractivity contribution in [2.75, 3.05) is 38.9 Å². The zero-order valence-corrected chi connectivity index (χ0v) is 18.4. The maximum atomic E-state index is 12.5. The molecule has 0 saturated carbocycles. The van der Waals surface area contributed by atoms with E-state index in [1.165, 1.54) is 16.7 Å². The molecule has 1 N–H and O–H groups in total. The molecule has 9 heteroatoms. The van der Waals surface area contributed by atoms with Crippen LogP contribution < -0.4 is 14.8 Å². The van der Waals surface area contributed by atoms with Crippen LogP contribution in [-0.4, -0.2) is 59.8 Å². The molecule has 0 radical (unpaired) electrons. The zero-order valence-electron chi connectivity index (χ0n) is 17.6. The number of methoxy groups -OCH3 is 2. The number of aromatic nitrogens is 2. The van der Waals surface area contributed by atoms with Crippen molar-refractivity contribution in [3.63, 3.8) is 0 Å². The molecule has 1 heterocycles. The number of carbonyl (C=O) groups is 2. The van der Waals surface area contributed by atoms with Crippen molar-refractivity contribution in [3.8, 4) is 17.2 Å². The largest absolute Gasteiger partial charge is 0.497 e. The molecule has 0 spiro atoms. The van der Waals surface area contributed by atoms with E-state index in [4.69, 9.17) is 9.47 Å². The lowest BCUT2D eigenvalue weighted by Gasteiger charge is -2.17. The van der Waals surface area contributed by atoms with Crippen molar-refractivity contribution in [3.05, 3.63) is 60.9 Å². The van der Waals surface area contributed by atoms with Gasteiger partial charge in [0.15, 0.2) is 5.16 Å². The summed E-state index contributed by atoms with van der Waals surface area (Å²) in [6.45, 7) is -0.0521. The quantitative estimate of drug-likeness (QED) is 0.515. The van der Waals surface area contributed by atoms with Crippen LogP contribution in [0.1, 0.15) is 0 Å². The fourth-order valence-corrected chi connectivity index (χ4v) is 3.69. The SMILES string of the molecule is COc1ccc(-n2ccnc2SCC(=O)N(C)CC(=O)Nc2cccc(OC)c2)cc1. The Bertz CT molecular complexity index is 1040. The summed E-state index contributed by atoms with van der Waals surface area (Å²) in [6.07, 6.45) is 3.52. The van der Waals surface area contributed by atoms with Gasteiger partial charge in [0.25, 0.3) is 0 Å². The van der Waals surface area contributed by atoms with E-state index in [-0.39, 0.29) is 24.1 Å². The van der Waals surface area contributed by atoms with Gasteiger partial charge in [0, 0.05) is 36.9 Å². The summed E-state index contributed by atoms with van der Waals surface area (Å²) in [5.74, 6) is 1.12. The van der Waals surface area contributed by atoms with Crippen LogP contribution >= 0.6 is 11.8 Å². The first kappa shape index (κ1) is 22.2. The molecular weight excluding hydrogens is 416 g/mol. The first-order chi connectivity index (χ1) is 15.0. The van der Waals surface area contributed by atoms with Gasteiger partial charge in [0.1, 0.15) is 11.5 Å². The van der Waals surface area contributed by atoms with Gasteiger partial charge in [-0.2, -0.15) is 0 Å². The number of thioether (sulfide) groups is 1. The van der Waals surface area contributed by atoms with E-state index in [0.29, 0.717) is 16.6 Å². The van der Waals surface area contributed by atoms with Gasteiger partial charge in [-0.1, -0.05) is 17.8 Å². The lowest BCUT2D eigenvalue weighted by Crippen LogP contribution is -2.36. The molecule has 2 aromatic carbocycles. The Kier molecular flexibility index (Phi) is 7.55. The predicted octanol–water partition coefficient (Wildman–Crippen LogP) is 3.08. The minimum Gasteiger partial charge on any atom is -0.497 e. The van der Waals surface area contributed by atoms with E-state index in [0.717, 1.165) is 11.4 Å². The minimum atomic E-state index is -0.283. The van der Waals surface area contributed by atoms with Crippen LogP contribution in [0.3, 0.4) is 0 Å². The Labute approximate surface area is 185 Å². The van der Waals surface area contributed by atoms with Gasteiger partial charge < -0.3 is 19.7 Å². The van der Waals surface area contributed by atoms with Gasteiger partial charge in [-0.3, -0.25) is 14.2 Å². The van der Waals surface area contributed by atoms with Crippen LogP contribution in [0.25, 0.3) is 5.69 Å². The Morgan fingerprint density at radius 2 is 1.84 bits per heavy atom. The average Bonchev–Trinajstić information content (AvgIpc) is 3.26. The Hall–Kier alpha value is -3.46. The summed E-state index contributed by atoms with van der Waals surface area (Å²) in [5, 5.41) is 3.45. The Morgan fingerprint density at radius 3 is 2.55 bits per heavy atom. The molecule has 1 aromatic heterocycles. The van der Waals surface area contributed by atoms with Crippen molar-refractivity contribution in [2.45, 2.75) is 5.16 Å². The second-order valence-corrected chi connectivity index (χ2v) is 7.54. The van der Waals surface area contributed by atoms with Gasteiger partial charge in [-0.05, 0) is 36.4 Å². The Morgan fingerprint density at radius 1 is 1.10 bits per heavy atom. The lowest BCUT2D eigenvalue weighted by molar-refractivity contribution is -0.131. The van der Waals surface area contributed by atoms with E-state index in [2.05, 4.69) is 10.3 Å². The first-order valence-electron chi connectivity index (χ1n) is 9.48. The van der Waals surface area contributed by atoms with Crippen LogP contribution in [0.4, 0.5) is 5.69 Å². The van der Waals surface area contributed by atoms with Gasteiger partial charge in [-0.15, -0.1) is 0 Å². The number of nitrogens with one attached hydrogen (secondary N) is 1. The summed E-state index contributed by atoms with van der Waals surface area (Å²) in [7, 11) is 4.78. The van der Waals surface area contributed by atoms with Crippen LogP contribution in [0.15, 0.2) is 66.1 Å². The van der Waals surface area contributed by atoms with Gasteiger partial charge >= 0.3 is 0 Å². The summed E-state index contributed by atoms with van der Waals surface area (Å²) in [5.41, 5.74) is 1.53. The number of imidazole rings is 1. The van der Waals surface area contributed by atoms with E-state index in [1.54, 1.807) is 51.7 Å². The highest BCUT2D eigenvalue weighted by Gasteiger charge is 2.15. The number of hydrogen-bond acceptors (Lipinski definition) is 6. The maximum Gasteiger partial charge on any atom is 0.243 e. The number of rotatable bonds is 9. The second-order valence-electron chi connectivity index (χ2n) is 6.60. The second kappa shape index (κ2) is 10.5. The molecule has 31 heavy (non-hydrogen) atoms. The number of anilines is 1. The number of carbonyl (C=O) groups excluding carboxylic acids is 2. The monoisotopic (exact) mass is 440 g/mol. The third kappa shape index (κ3) is 6.02. The molecule has 2 amide bonds. The van der Waals surface area contributed by atoms with E-state index >= 15 is 0 Å². The highest BCUT2D eigenvalue weighted by atomic mass is 32.2. The molecule has 0 saturated heterocycles. The number of amides is 2. The van der Waals surface area contributed by atoms with Crippen LogP contribution in [0.5, 0.6) is 11.5 Å². The van der Waals surface area contributed by atoms with E-state index in [9.17, 15) is 9.59 Å². The molecule has 0 aliphatic rings. The number of ether oxygens (including phenoxy) is 2. The van der Waals surface area contributed by atoms with Crippen molar-refractivity contribution in [1.29, 1.82) is 0 Å². The van der Waals surface area contributed by atoms with Crippen LogP contribution in [-0.2, 0) is 9.59 Å². The molecule has 0 bridgehead atoms. The van der Waals surface area contributed by atoms with Crippen LogP contribution in [0, 0.1) is 0 Å². The maximum absolute atomic E-state index is 12.5. The standard InChI is InChI=1S/C22H24N4O4S/c1-25(14-20(27)24-16-5-4-6-19(13-16)30-3)21(28)15-31-22-23-11-12-26(22)17-7-9-18(29-2)10-8-17/h4-13H,14-15H2,1-3H3,(H,24,27). The number of benzene rings is 2. The minimum absolute atomic E-state index is 0.0521. The normalized spacial score (nSPS) is 10.4. The Balaban J connectivity index is 1.53. The van der Waals surface area contributed by atoms with Crippen molar-refractivity contribution in [2.24, 2.45) is 0 Å². The number of hydrogen-bond donors (Lipinski definition) is 1. The molecule has 0 atom stereocenters. The smallest absolute Gasteiger partial charge is 0.243 e. The van der Waals surface area contributed by atoms with Crippen molar-refractivity contribution in [1.82, 2.24) is 14.5 Å². The topological polar surface area (TPSA) is 85.7 Å². The average molecular weight is 441 g/mol. The molecule has 0 unspecified atom stereocenters. The molecule has 0 aliphatic carbocycles. The summed E-state index contributed by atoms with van der Waals surface area (Å²) in [6, 6.07) is 14.6. The third-order valence-electron chi connectivity index (χ3n) is 4.44. The third-order valence-corrected chi connectivity index (χ3v) is 5.39. The highest BCUT2D eigenvalue weighted by Crippen LogP contribution is 2.22. The summed E-state index contributed by atoms with van der Waals surface area (Å²) in [4.78, 5) is 30.5. The molecule has 162 valence electrons. The van der Waals surface area contributed by atoms with Crippen LogP contribution in [0.2, 0.25) is 0 Å². The molecule has 0 fully saturated rings. The fourth-order valence-electron chi connectivity index (χ4n) is 2.78. The predicted molar refractivity (Wildman–Crippen MR) is 120 cm³/mol. The zero-order chi connectivity index (χ0) is 22.2. The molecule has 3 aromatic rings. The van der Waals surface area contributed by atoms with Gasteiger partial charge in [0.2, 0.25) is 11.8 Å². The number of nitrogens with zero attached hydrogens (tertiary/aromatic N) is 3. The van der Waals surface area contributed by atoms with E-state index < -0.39 is 0 Å². The molecule has 8 nitrogen and oxygen atoms in total. The molecule has 3 rings (SSSR count). The van der Waals surface area contributed by atoms with Gasteiger partial charge in [0.05, 0.1) is 26.5 Å². The number of likely N-dealkylation sites (N-methyl/N-ethyl adjacent to an activating group) is 1. The molecular formula is C22H24N4O4S. The summed E-state index contributed by atoms with van der Waals surface area (Å²) >= 11 is 1.31. The fraction of sp³-hybridized carbons (Fsp3) is 0.227. The lowest BCUT2D eigenvalue weighted by atomic mass is 10.3. The highest BCUT2D eigenvalue weighted by molar-refractivity contribution is 7.99. The van der Waals surface area contributed by atoms with Crippen molar-refractivity contribution >= 4 is 29.3 Å². The van der Waals surface area contributed by atoms with Gasteiger partial charge in [-0.25, -0.2) is 4.98 Å². The first-order valence-corrected chi connectivity index (χ1v) is 10.5. The summed E-state index contributed by atoms with van der Waals surface area (Å²) < 4.78 is 12.2. The van der Waals surface area contributed by atoms with Crippen molar-refractivity contribution < 1.29 is 19.1 Å².